The highest BCUT2D eigenvalue weighted by atomic mass is 32.2. The lowest BCUT2D eigenvalue weighted by Gasteiger charge is -2.16. The molecule has 3 amide bonds. The number of halogens is 3. The molecule has 40 heavy (non-hydrogen) atoms. The summed E-state index contributed by atoms with van der Waals surface area (Å²) in [5, 5.41) is 2.55. The molecule has 0 radical (unpaired) electrons. The Labute approximate surface area is 231 Å². The summed E-state index contributed by atoms with van der Waals surface area (Å²) in [6.45, 7) is -0.0625. The molecule has 7 nitrogen and oxygen atoms in total. The number of aromatic nitrogens is 1. The van der Waals surface area contributed by atoms with E-state index in [0.29, 0.717) is 18.3 Å². The maximum Gasteiger partial charge on any atom is 0.416 e. The van der Waals surface area contributed by atoms with Crippen LogP contribution < -0.4 is 10.1 Å². The molecule has 3 aromatic carbocycles. The quantitative estimate of drug-likeness (QED) is 0.263. The summed E-state index contributed by atoms with van der Waals surface area (Å²) in [7, 11) is 1.25. The standard InChI is InChI=1S/C29H22F3N3O4S/c1-39-24-12-11-20(29(30,31)32)14-22(24)33-26(36)17-35-27(37)25(40-28(35)38)13-19-16-34(15-18-7-3-2-4-8-18)23-10-6-5-9-21(19)23/h2-14,16H,15,17H2,1H3,(H,33,36)/b25-13-. The summed E-state index contributed by atoms with van der Waals surface area (Å²) in [5.41, 5.74) is 1.57. The summed E-state index contributed by atoms with van der Waals surface area (Å²) < 4.78 is 46.5. The van der Waals surface area contributed by atoms with E-state index in [4.69, 9.17) is 4.74 Å². The van der Waals surface area contributed by atoms with Crippen LogP contribution in [0.2, 0.25) is 0 Å². The number of amides is 3. The maximum absolute atomic E-state index is 13.1. The number of imide groups is 1. The van der Waals surface area contributed by atoms with Crippen molar-refractivity contribution in [3.05, 3.63) is 101 Å². The summed E-state index contributed by atoms with van der Waals surface area (Å²) >= 11 is 0.696. The molecule has 1 aliphatic heterocycles. The number of anilines is 1. The number of fused-ring (bicyclic) bond motifs is 1. The fraction of sp³-hybridized carbons (Fsp3) is 0.138. The summed E-state index contributed by atoms with van der Waals surface area (Å²) in [5.74, 6) is -1.51. The zero-order valence-corrected chi connectivity index (χ0v) is 21.9. The second-order valence-corrected chi connectivity index (χ2v) is 9.94. The molecule has 204 valence electrons. The SMILES string of the molecule is COc1ccc(C(F)(F)F)cc1NC(=O)CN1C(=O)S/C(=C\c2cn(Cc3ccccc3)c3ccccc23)C1=O. The van der Waals surface area contributed by atoms with Gasteiger partial charge in [-0.1, -0.05) is 48.5 Å². The second kappa shape index (κ2) is 10.9. The number of carbonyl (C=O) groups excluding carboxylic acids is 3. The van der Waals surface area contributed by atoms with Crippen LogP contribution >= 0.6 is 11.8 Å². The number of nitrogens with zero attached hydrogens (tertiary/aromatic N) is 2. The van der Waals surface area contributed by atoms with Gasteiger partial charge >= 0.3 is 6.18 Å². The Morgan fingerprint density at radius 2 is 1.75 bits per heavy atom. The van der Waals surface area contributed by atoms with Crippen molar-refractivity contribution in [3.63, 3.8) is 0 Å². The first-order valence-corrected chi connectivity index (χ1v) is 12.9. The number of ether oxygens (including phenoxy) is 1. The lowest BCUT2D eigenvalue weighted by molar-refractivity contribution is -0.137. The van der Waals surface area contributed by atoms with Crippen molar-refractivity contribution in [2.24, 2.45) is 0 Å². The predicted molar refractivity (Wildman–Crippen MR) is 147 cm³/mol. The Bertz CT molecular complexity index is 1650. The summed E-state index contributed by atoms with van der Waals surface area (Å²) in [6, 6.07) is 20.2. The van der Waals surface area contributed by atoms with Gasteiger partial charge in [0.15, 0.2) is 0 Å². The zero-order valence-electron chi connectivity index (χ0n) is 21.1. The zero-order chi connectivity index (χ0) is 28.4. The van der Waals surface area contributed by atoms with E-state index in [1.807, 2.05) is 60.8 Å². The minimum absolute atomic E-state index is 0.00211. The number of hydrogen-bond donors (Lipinski definition) is 1. The van der Waals surface area contributed by atoms with Crippen molar-refractivity contribution in [1.29, 1.82) is 0 Å². The highest BCUT2D eigenvalue weighted by Crippen LogP contribution is 2.36. The molecule has 0 saturated carbocycles. The summed E-state index contributed by atoms with van der Waals surface area (Å²) in [4.78, 5) is 39.3. The number of carbonyl (C=O) groups is 3. The third-order valence-corrected chi connectivity index (χ3v) is 7.19. The Hall–Kier alpha value is -4.51. The third-order valence-electron chi connectivity index (χ3n) is 6.28. The van der Waals surface area contributed by atoms with Crippen LogP contribution in [0.25, 0.3) is 17.0 Å². The molecule has 0 spiro atoms. The van der Waals surface area contributed by atoms with Gasteiger partial charge in [-0.3, -0.25) is 19.3 Å². The Morgan fingerprint density at radius 3 is 2.48 bits per heavy atom. The van der Waals surface area contributed by atoms with Crippen molar-refractivity contribution in [1.82, 2.24) is 9.47 Å². The topological polar surface area (TPSA) is 80.6 Å². The molecule has 11 heteroatoms. The van der Waals surface area contributed by atoms with E-state index in [1.165, 1.54) is 7.11 Å². The first-order chi connectivity index (χ1) is 19.1. The van der Waals surface area contributed by atoms with Crippen LogP contribution in [0, 0.1) is 0 Å². The van der Waals surface area contributed by atoms with E-state index >= 15 is 0 Å². The Morgan fingerprint density at radius 1 is 1.02 bits per heavy atom. The molecule has 0 unspecified atom stereocenters. The number of rotatable bonds is 7. The van der Waals surface area contributed by atoms with E-state index < -0.39 is 35.3 Å². The number of alkyl halides is 3. The molecule has 0 atom stereocenters. The first-order valence-electron chi connectivity index (χ1n) is 12.1. The van der Waals surface area contributed by atoms with Gasteiger partial charge < -0.3 is 14.6 Å². The van der Waals surface area contributed by atoms with Gasteiger partial charge in [0, 0.05) is 29.2 Å². The molecule has 1 N–H and O–H groups in total. The van der Waals surface area contributed by atoms with E-state index in [-0.39, 0.29) is 16.3 Å². The molecule has 5 rings (SSSR count). The van der Waals surface area contributed by atoms with Gasteiger partial charge in [-0.15, -0.1) is 0 Å². The van der Waals surface area contributed by atoms with Crippen molar-refractivity contribution in [2.75, 3.05) is 19.0 Å². The van der Waals surface area contributed by atoms with Crippen LogP contribution in [0.1, 0.15) is 16.7 Å². The number of benzene rings is 3. The average Bonchev–Trinajstić information content (AvgIpc) is 3.40. The number of nitrogens with one attached hydrogen (secondary N) is 1. The normalized spacial score (nSPS) is 14.8. The second-order valence-electron chi connectivity index (χ2n) is 8.94. The molecule has 1 saturated heterocycles. The molecule has 2 heterocycles. The van der Waals surface area contributed by atoms with Gasteiger partial charge in [0.1, 0.15) is 12.3 Å². The number of thioether (sulfide) groups is 1. The van der Waals surface area contributed by atoms with Gasteiger partial charge in [-0.2, -0.15) is 13.2 Å². The highest BCUT2D eigenvalue weighted by Gasteiger charge is 2.37. The smallest absolute Gasteiger partial charge is 0.416 e. The lowest BCUT2D eigenvalue weighted by atomic mass is 10.1. The molecule has 0 aliphatic carbocycles. The molecular weight excluding hydrogens is 543 g/mol. The van der Waals surface area contributed by atoms with Crippen LogP contribution in [0.15, 0.2) is 83.9 Å². The molecule has 1 aliphatic rings. The average molecular weight is 566 g/mol. The molecular formula is C29H22F3N3O4S. The number of methoxy groups -OCH3 is 1. The first kappa shape index (κ1) is 27.1. The van der Waals surface area contributed by atoms with Crippen molar-refractivity contribution < 1.29 is 32.3 Å². The monoisotopic (exact) mass is 565 g/mol. The van der Waals surface area contributed by atoms with E-state index in [9.17, 15) is 27.6 Å². The largest absolute Gasteiger partial charge is 0.495 e. The lowest BCUT2D eigenvalue weighted by Crippen LogP contribution is -2.36. The van der Waals surface area contributed by atoms with Crippen LogP contribution in [0.3, 0.4) is 0 Å². The van der Waals surface area contributed by atoms with Gasteiger partial charge in [-0.25, -0.2) is 0 Å². The van der Waals surface area contributed by atoms with E-state index in [0.717, 1.165) is 45.1 Å². The van der Waals surface area contributed by atoms with Crippen molar-refractivity contribution in [2.45, 2.75) is 12.7 Å². The van der Waals surface area contributed by atoms with Gasteiger partial charge in [-0.05, 0) is 47.7 Å². The minimum atomic E-state index is -4.63. The number of hydrogen-bond acceptors (Lipinski definition) is 5. The van der Waals surface area contributed by atoms with E-state index in [1.54, 1.807) is 6.08 Å². The highest BCUT2D eigenvalue weighted by molar-refractivity contribution is 8.18. The van der Waals surface area contributed by atoms with Crippen molar-refractivity contribution >= 4 is 51.5 Å². The van der Waals surface area contributed by atoms with Crippen LogP contribution in [-0.4, -0.2) is 40.2 Å². The Kier molecular flexibility index (Phi) is 7.40. The molecule has 4 aromatic rings. The van der Waals surface area contributed by atoms with E-state index in [2.05, 4.69) is 9.88 Å². The van der Waals surface area contributed by atoms with Gasteiger partial charge in [0.25, 0.3) is 11.1 Å². The van der Waals surface area contributed by atoms with Crippen molar-refractivity contribution in [3.8, 4) is 5.75 Å². The molecule has 1 aromatic heterocycles. The van der Waals surface area contributed by atoms with Crippen LogP contribution in [-0.2, 0) is 22.3 Å². The van der Waals surface area contributed by atoms with Crippen LogP contribution in [0.4, 0.5) is 23.7 Å². The predicted octanol–water partition coefficient (Wildman–Crippen LogP) is 6.39. The van der Waals surface area contributed by atoms with Crippen LogP contribution in [0.5, 0.6) is 5.75 Å². The minimum Gasteiger partial charge on any atom is -0.495 e. The fourth-order valence-electron chi connectivity index (χ4n) is 4.39. The fourth-order valence-corrected chi connectivity index (χ4v) is 5.22. The van der Waals surface area contributed by atoms with Gasteiger partial charge in [0.2, 0.25) is 5.91 Å². The molecule has 0 bridgehead atoms. The third kappa shape index (κ3) is 5.59. The number of para-hydroxylation sites is 1. The maximum atomic E-state index is 13.1. The van der Waals surface area contributed by atoms with Gasteiger partial charge in [0.05, 0.1) is 23.3 Å². The Balaban J connectivity index is 1.36. The summed E-state index contributed by atoms with van der Waals surface area (Å²) in [6.07, 6.45) is -1.12. The molecule has 1 fully saturated rings.